The molecule has 0 saturated carbocycles. The van der Waals surface area contributed by atoms with Crippen LogP contribution in [0.5, 0.6) is 0 Å². The summed E-state index contributed by atoms with van der Waals surface area (Å²) in [5, 5.41) is 2.83. The lowest BCUT2D eigenvalue weighted by molar-refractivity contribution is -0.156. The Balaban J connectivity index is 0.000000929. The molecule has 246 valence electrons. The molecule has 0 spiro atoms. The molecule has 0 aromatic heterocycles. The Morgan fingerprint density at radius 2 is 1.20 bits per heavy atom. The summed E-state index contributed by atoms with van der Waals surface area (Å²) in [6, 6.07) is 15.0. The molecule has 9 nitrogen and oxygen atoms in total. The molecule has 1 amide bonds. The minimum atomic E-state index is -0.582. The van der Waals surface area contributed by atoms with Crippen molar-refractivity contribution >= 4 is 68.1 Å². The molecule has 12 heteroatoms. The van der Waals surface area contributed by atoms with Gasteiger partial charge in [0, 0.05) is 27.4 Å². The van der Waals surface area contributed by atoms with E-state index in [1.54, 1.807) is 34.6 Å². The van der Waals surface area contributed by atoms with Crippen LogP contribution in [0.2, 0.25) is 0 Å². The van der Waals surface area contributed by atoms with Gasteiger partial charge in [0.05, 0.1) is 32.5 Å². The molecule has 2 aromatic carbocycles. The Hall–Kier alpha value is -2.47. The maximum atomic E-state index is 12.2. The topological polar surface area (TPSA) is 134 Å². The summed E-state index contributed by atoms with van der Waals surface area (Å²) in [7, 11) is 0. The highest BCUT2D eigenvalue weighted by Crippen LogP contribution is 2.15. The number of carbonyl (C=O) groups excluding carboxylic acids is 4. The van der Waals surface area contributed by atoms with Crippen molar-refractivity contribution < 1.29 is 33.4 Å². The van der Waals surface area contributed by atoms with Crippen LogP contribution in [-0.2, 0) is 46.2 Å². The zero-order valence-corrected chi connectivity index (χ0v) is 30.0. The summed E-state index contributed by atoms with van der Waals surface area (Å²) < 4.78 is 17.0. The fourth-order valence-electron chi connectivity index (χ4n) is 3.84. The lowest BCUT2D eigenvalue weighted by Gasteiger charge is -2.20. The van der Waals surface area contributed by atoms with E-state index in [0.29, 0.717) is 19.4 Å². The van der Waals surface area contributed by atoms with Crippen LogP contribution < -0.4 is 11.1 Å². The predicted molar refractivity (Wildman–Crippen MR) is 180 cm³/mol. The van der Waals surface area contributed by atoms with Crippen LogP contribution >= 0.6 is 44.3 Å². The van der Waals surface area contributed by atoms with Crippen molar-refractivity contribution in [3.63, 3.8) is 0 Å². The fraction of sp³-hybridized carbons (Fsp3) is 0.500. The van der Waals surface area contributed by atoms with E-state index in [0.717, 1.165) is 20.1 Å². The summed E-state index contributed by atoms with van der Waals surface area (Å²) >= 11 is 6.75. The minimum absolute atomic E-state index is 0. The second-order valence-corrected chi connectivity index (χ2v) is 12.6. The third kappa shape index (κ3) is 20.5. The zero-order valence-electron chi connectivity index (χ0n) is 26.0. The van der Waals surface area contributed by atoms with E-state index in [1.165, 1.54) is 0 Å². The maximum Gasteiger partial charge on any atom is 0.307 e. The Kier molecular flexibility index (Phi) is 20.9. The van der Waals surface area contributed by atoms with Crippen molar-refractivity contribution in [2.24, 2.45) is 5.73 Å². The molecular formula is C32H45Br2ClN2O7. The van der Waals surface area contributed by atoms with Gasteiger partial charge in [-0.15, -0.1) is 12.4 Å². The largest absolute Gasteiger partial charge is 0.466 e. The Morgan fingerprint density at radius 3 is 1.66 bits per heavy atom. The summed E-state index contributed by atoms with van der Waals surface area (Å²) in [5.41, 5.74) is 7.39. The van der Waals surface area contributed by atoms with Crippen molar-refractivity contribution in [1.29, 1.82) is 0 Å². The Bertz CT molecular complexity index is 1160. The molecule has 3 N–H and O–H groups in total. The van der Waals surface area contributed by atoms with Crippen molar-refractivity contribution in [3.05, 3.63) is 68.6 Å². The van der Waals surface area contributed by atoms with Gasteiger partial charge in [-0.2, -0.15) is 0 Å². The molecular weight excluding hydrogens is 720 g/mol. The molecule has 0 heterocycles. The van der Waals surface area contributed by atoms with Gasteiger partial charge in [0.2, 0.25) is 5.91 Å². The average Bonchev–Trinajstić information content (AvgIpc) is 2.90. The van der Waals surface area contributed by atoms with E-state index in [9.17, 15) is 19.2 Å². The molecule has 44 heavy (non-hydrogen) atoms. The molecule has 0 aliphatic carbocycles. The number of nitrogens with one attached hydrogen (secondary N) is 1. The lowest BCUT2D eigenvalue weighted by atomic mass is 10.0. The summed E-state index contributed by atoms with van der Waals surface area (Å²) in [5.74, 6) is -1.32. The third-order valence-electron chi connectivity index (χ3n) is 5.60. The van der Waals surface area contributed by atoms with Gasteiger partial charge < -0.3 is 25.3 Å². The lowest BCUT2D eigenvalue weighted by Crippen LogP contribution is -2.38. The quantitative estimate of drug-likeness (QED) is 0.171. The summed E-state index contributed by atoms with van der Waals surface area (Å²) in [6.45, 7) is 9.55. The Labute approximate surface area is 284 Å². The smallest absolute Gasteiger partial charge is 0.307 e. The first-order valence-electron chi connectivity index (χ1n) is 14.3. The monoisotopic (exact) mass is 762 g/mol. The van der Waals surface area contributed by atoms with Gasteiger partial charge in [0.15, 0.2) is 0 Å². The summed E-state index contributed by atoms with van der Waals surface area (Å²) in [6.07, 6.45) is 1.52. The van der Waals surface area contributed by atoms with E-state index >= 15 is 0 Å². The number of amides is 1. The molecule has 0 saturated heterocycles. The van der Waals surface area contributed by atoms with Crippen molar-refractivity contribution in [2.75, 3.05) is 13.2 Å². The van der Waals surface area contributed by atoms with Gasteiger partial charge in [0.25, 0.3) is 0 Å². The molecule has 2 rings (SSSR count). The van der Waals surface area contributed by atoms with Crippen LogP contribution in [0, 0.1) is 0 Å². The number of halogens is 3. The van der Waals surface area contributed by atoms with Gasteiger partial charge in [-0.3, -0.25) is 19.2 Å². The van der Waals surface area contributed by atoms with Crippen molar-refractivity contribution in [3.8, 4) is 0 Å². The highest BCUT2D eigenvalue weighted by atomic mass is 79.9. The highest BCUT2D eigenvalue weighted by Gasteiger charge is 2.20. The number of ether oxygens (including phenoxy) is 3. The first-order chi connectivity index (χ1) is 20.2. The second-order valence-electron chi connectivity index (χ2n) is 10.8. The number of benzene rings is 2. The van der Waals surface area contributed by atoms with E-state index in [1.807, 2.05) is 48.5 Å². The number of esters is 3. The molecule has 2 atom stereocenters. The number of nitrogens with two attached hydrogens (primary N) is 1. The number of carbonyl (C=O) groups is 4. The van der Waals surface area contributed by atoms with Crippen LogP contribution in [0.25, 0.3) is 0 Å². The fourth-order valence-corrected chi connectivity index (χ4v) is 4.37. The first-order valence-corrected chi connectivity index (χ1v) is 15.9. The molecule has 0 fully saturated rings. The van der Waals surface area contributed by atoms with Gasteiger partial charge in [0.1, 0.15) is 5.60 Å². The van der Waals surface area contributed by atoms with Crippen LogP contribution in [0.1, 0.15) is 71.4 Å². The van der Waals surface area contributed by atoms with E-state index in [2.05, 4.69) is 37.2 Å². The molecule has 0 aliphatic rings. The van der Waals surface area contributed by atoms with Gasteiger partial charge in [-0.05, 0) is 82.9 Å². The van der Waals surface area contributed by atoms with E-state index in [4.69, 9.17) is 19.9 Å². The van der Waals surface area contributed by atoms with E-state index in [-0.39, 0.29) is 68.6 Å². The standard InChI is InChI=1S/C20H28BrNO5.C12H16BrNO2.ClH/c1-5-26-19(25)13-16(12-14-6-8-15(21)9-7-14)22-17(23)10-11-18(24)27-20(2,3)4;1-2-16-12(15)8-11(14)7-9-3-5-10(13)6-4-9;/h6-9,16H,5,10-13H2,1-4H3,(H,22,23);3-6,11H,2,7-8,14H2,1H3;1H/t16-;11-;/m11./s1. The van der Waals surface area contributed by atoms with Gasteiger partial charge in [-0.1, -0.05) is 56.1 Å². The Morgan fingerprint density at radius 1 is 0.750 bits per heavy atom. The summed E-state index contributed by atoms with van der Waals surface area (Å²) in [4.78, 5) is 47.0. The number of hydrogen-bond acceptors (Lipinski definition) is 8. The van der Waals surface area contributed by atoms with Crippen LogP contribution in [0.3, 0.4) is 0 Å². The van der Waals surface area contributed by atoms with Crippen LogP contribution in [0.15, 0.2) is 57.5 Å². The molecule has 0 aliphatic heterocycles. The number of hydrogen-bond donors (Lipinski definition) is 2. The number of rotatable bonds is 14. The van der Waals surface area contributed by atoms with Gasteiger partial charge >= 0.3 is 17.9 Å². The average molecular weight is 765 g/mol. The second kappa shape index (κ2) is 22.1. The van der Waals surface area contributed by atoms with Crippen molar-refractivity contribution in [2.45, 2.75) is 90.8 Å². The van der Waals surface area contributed by atoms with E-state index < -0.39 is 17.6 Å². The molecule has 0 unspecified atom stereocenters. The normalized spacial score (nSPS) is 11.9. The SMILES string of the molecule is CCOC(=O)C[C@@H](Cc1ccc(Br)cc1)NC(=O)CCC(=O)OC(C)(C)C.CCOC(=O)C[C@H](N)Cc1ccc(Br)cc1.Cl. The highest BCUT2D eigenvalue weighted by molar-refractivity contribution is 9.10. The minimum Gasteiger partial charge on any atom is -0.466 e. The molecule has 0 radical (unpaired) electrons. The first kappa shape index (κ1) is 41.5. The molecule has 0 bridgehead atoms. The van der Waals surface area contributed by atoms with Gasteiger partial charge in [-0.25, -0.2) is 0 Å². The maximum absolute atomic E-state index is 12.2. The third-order valence-corrected chi connectivity index (χ3v) is 6.66. The zero-order chi connectivity index (χ0) is 32.4. The predicted octanol–water partition coefficient (Wildman–Crippen LogP) is 6.25. The van der Waals surface area contributed by atoms with Crippen molar-refractivity contribution in [1.82, 2.24) is 5.32 Å². The van der Waals surface area contributed by atoms with Crippen LogP contribution in [0.4, 0.5) is 0 Å². The molecule has 2 aromatic rings. The van der Waals surface area contributed by atoms with Crippen LogP contribution in [-0.4, -0.2) is 54.7 Å².